The van der Waals surface area contributed by atoms with Crippen LogP contribution in [-0.4, -0.2) is 45.0 Å². The molecule has 5 nitrogen and oxygen atoms in total. The lowest BCUT2D eigenvalue weighted by atomic mass is 10.1. The number of nitrogens with zero attached hydrogens (tertiary/aromatic N) is 2. The number of carbonyl (C=O) groups excluding carboxylic acids is 1. The first-order valence-corrected chi connectivity index (χ1v) is 9.90. The van der Waals surface area contributed by atoms with Crippen LogP contribution in [0.15, 0.2) is 58.3 Å². The van der Waals surface area contributed by atoms with Crippen molar-refractivity contribution in [2.75, 3.05) is 31.3 Å². The quantitative estimate of drug-likeness (QED) is 0.842. The topological polar surface area (TPSA) is 57.7 Å². The van der Waals surface area contributed by atoms with Crippen LogP contribution >= 0.6 is 11.8 Å². The number of carbonyl (C=O) groups is 1. The minimum atomic E-state index is -3.57. The molecule has 1 amide bonds. The maximum atomic E-state index is 12.9. The molecule has 0 atom stereocenters. The standard InChI is InChI=1S/C17H18N2O3S2/c1-18(2)24(21,22)14-7-5-6-13(12-14)17(20)19-10-11-23-16-9-4-3-8-15(16)19/h3-9,12H,10-11H2,1-2H3. The summed E-state index contributed by atoms with van der Waals surface area (Å²) < 4.78 is 25.7. The van der Waals surface area contributed by atoms with Crippen molar-refractivity contribution in [2.45, 2.75) is 9.79 Å². The molecular weight excluding hydrogens is 344 g/mol. The van der Waals surface area contributed by atoms with Gasteiger partial charge in [0.25, 0.3) is 5.91 Å². The molecule has 0 spiro atoms. The Morgan fingerprint density at radius 3 is 2.62 bits per heavy atom. The highest BCUT2D eigenvalue weighted by Crippen LogP contribution is 2.35. The molecule has 126 valence electrons. The number of anilines is 1. The van der Waals surface area contributed by atoms with Crippen LogP contribution in [0.3, 0.4) is 0 Å². The Balaban J connectivity index is 1.98. The van der Waals surface area contributed by atoms with Crippen LogP contribution in [0, 0.1) is 0 Å². The largest absolute Gasteiger partial charge is 0.306 e. The molecule has 0 aromatic heterocycles. The number of thioether (sulfide) groups is 1. The van der Waals surface area contributed by atoms with E-state index in [-0.39, 0.29) is 10.8 Å². The third-order valence-electron chi connectivity index (χ3n) is 3.83. The molecule has 24 heavy (non-hydrogen) atoms. The molecule has 0 radical (unpaired) electrons. The molecule has 0 saturated heterocycles. The van der Waals surface area contributed by atoms with E-state index in [0.29, 0.717) is 12.1 Å². The number of hydrogen-bond donors (Lipinski definition) is 0. The number of amides is 1. The van der Waals surface area contributed by atoms with Gasteiger partial charge >= 0.3 is 0 Å². The average molecular weight is 362 g/mol. The molecule has 3 rings (SSSR count). The monoisotopic (exact) mass is 362 g/mol. The summed E-state index contributed by atoms with van der Waals surface area (Å²) in [5.41, 5.74) is 1.25. The first-order valence-electron chi connectivity index (χ1n) is 7.47. The van der Waals surface area contributed by atoms with Gasteiger partial charge in [0.1, 0.15) is 0 Å². The van der Waals surface area contributed by atoms with E-state index in [0.717, 1.165) is 20.6 Å². The van der Waals surface area contributed by atoms with Crippen LogP contribution in [0.25, 0.3) is 0 Å². The number of benzene rings is 2. The van der Waals surface area contributed by atoms with E-state index in [4.69, 9.17) is 0 Å². The Labute approximate surface area is 146 Å². The third kappa shape index (κ3) is 3.07. The average Bonchev–Trinajstić information content (AvgIpc) is 2.60. The van der Waals surface area contributed by atoms with Crippen LogP contribution in [0.5, 0.6) is 0 Å². The summed E-state index contributed by atoms with van der Waals surface area (Å²) in [5, 5.41) is 0. The van der Waals surface area contributed by atoms with Crippen LogP contribution in [0.2, 0.25) is 0 Å². The molecule has 7 heteroatoms. The molecule has 0 unspecified atom stereocenters. The fraction of sp³-hybridized carbons (Fsp3) is 0.235. The summed E-state index contributed by atoms with van der Waals surface area (Å²) >= 11 is 1.72. The van der Waals surface area contributed by atoms with Gasteiger partial charge in [0.15, 0.2) is 0 Å². The van der Waals surface area contributed by atoms with Crippen molar-refractivity contribution >= 4 is 33.4 Å². The lowest BCUT2D eigenvalue weighted by molar-refractivity contribution is 0.0987. The third-order valence-corrected chi connectivity index (χ3v) is 6.69. The maximum absolute atomic E-state index is 12.9. The normalized spacial score (nSPS) is 14.5. The van der Waals surface area contributed by atoms with Gasteiger partial charge in [-0.3, -0.25) is 4.79 Å². The highest BCUT2D eigenvalue weighted by Gasteiger charge is 2.25. The molecule has 1 aliphatic heterocycles. The van der Waals surface area contributed by atoms with Crippen LogP contribution < -0.4 is 4.90 Å². The molecule has 2 aromatic carbocycles. The van der Waals surface area contributed by atoms with Crippen molar-refractivity contribution in [3.63, 3.8) is 0 Å². The van der Waals surface area contributed by atoms with E-state index in [9.17, 15) is 13.2 Å². The van der Waals surface area contributed by atoms with E-state index >= 15 is 0 Å². The number of rotatable bonds is 3. The van der Waals surface area contributed by atoms with Gasteiger partial charge < -0.3 is 4.90 Å². The Hall–Kier alpha value is -1.83. The smallest absolute Gasteiger partial charge is 0.258 e. The lowest BCUT2D eigenvalue weighted by Crippen LogP contribution is -2.35. The zero-order chi connectivity index (χ0) is 17.3. The van der Waals surface area contributed by atoms with E-state index in [2.05, 4.69) is 0 Å². The van der Waals surface area contributed by atoms with Gasteiger partial charge in [-0.1, -0.05) is 18.2 Å². The van der Waals surface area contributed by atoms with Crippen molar-refractivity contribution in [2.24, 2.45) is 0 Å². The van der Waals surface area contributed by atoms with Crippen molar-refractivity contribution in [3.05, 3.63) is 54.1 Å². The van der Waals surface area contributed by atoms with Crippen molar-refractivity contribution in [1.82, 2.24) is 4.31 Å². The molecule has 1 heterocycles. The zero-order valence-corrected chi connectivity index (χ0v) is 15.1. The summed E-state index contributed by atoms with van der Waals surface area (Å²) in [7, 11) is -0.617. The Bertz CT molecular complexity index is 879. The van der Waals surface area contributed by atoms with Crippen LogP contribution in [0.1, 0.15) is 10.4 Å². The van der Waals surface area contributed by atoms with Gasteiger partial charge in [0.2, 0.25) is 10.0 Å². The van der Waals surface area contributed by atoms with Crippen molar-refractivity contribution in [1.29, 1.82) is 0 Å². The minimum absolute atomic E-state index is 0.123. The summed E-state index contributed by atoms with van der Waals surface area (Å²) in [6, 6.07) is 14.0. The predicted molar refractivity (Wildman–Crippen MR) is 96.2 cm³/mol. The van der Waals surface area contributed by atoms with Crippen LogP contribution in [0.4, 0.5) is 5.69 Å². The van der Waals surface area contributed by atoms with E-state index in [1.165, 1.54) is 26.2 Å². The van der Waals surface area contributed by atoms with Crippen molar-refractivity contribution < 1.29 is 13.2 Å². The fourth-order valence-electron chi connectivity index (χ4n) is 2.54. The number of sulfonamides is 1. The summed E-state index contributed by atoms with van der Waals surface area (Å²) in [6.45, 7) is 0.602. The Morgan fingerprint density at radius 1 is 1.12 bits per heavy atom. The second kappa shape index (κ2) is 6.58. The first-order chi connectivity index (χ1) is 11.4. The molecule has 0 aliphatic carbocycles. The Kier molecular flexibility index (Phi) is 4.67. The van der Waals surface area contributed by atoms with E-state index < -0.39 is 10.0 Å². The van der Waals surface area contributed by atoms with E-state index in [1.54, 1.807) is 28.8 Å². The SMILES string of the molecule is CN(C)S(=O)(=O)c1cccc(C(=O)N2CCSc3ccccc32)c1. The number of para-hydroxylation sites is 1. The summed E-state index contributed by atoms with van der Waals surface area (Å²) in [6.07, 6.45) is 0. The second-order valence-corrected chi connectivity index (χ2v) is 8.88. The van der Waals surface area contributed by atoms with Crippen molar-refractivity contribution in [3.8, 4) is 0 Å². The zero-order valence-electron chi connectivity index (χ0n) is 13.5. The molecule has 1 aliphatic rings. The molecular formula is C17H18N2O3S2. The molecule has 0 bridgehead atoms. The summed E-state index contributed by atoms with van der Waals surface area (Å²) in [4.78, 5) is 15.8. The van der Waals surface area contributed by atoms with Gasteiger partial charge in [0.05, 0.1) is 10.6 Å². The number of hydrogen-bond acceptors (Lipinski definition) is 4. The summed E-state index contributed by atoms with van der Waals surface area (Å²) in [5.74, 6) is 0.636. The van der Waals surface area contributed by atoms with Gasteiger partial charge in [0, 0.05) is 36.9 Å². The van der Waals surface area contributed by atoms with Gasteiger partial charge in [-0.25, -0.2) is 12.7 Å². The minimum Gasteiger partial charge on any atom is -0.306 e. The highest BCUT2D eigenvalue weighted by atomic mass is 32.2. The van der Waals surface area contributed by atoms with E-state index in [1.807, 2.05) is 24.3 Å². The second-order valence-electron chi connectivity index (χ2n) is 5.59. The molecule has 0 saturated carbocycles. The van der Waals surface area contributed by atoms with Gasteiger partial charge in [-0.2, -0.15) is 0 Å². The Morgan fingerprint density at radius 2 is 1.88 bits per heavy atom. The fourth-order valence-corrected chi connectivity index (χ4v) is 4.48. The molecule has 2 aromatic rings. The molecule has 0 fully saturated rings. The lowest BCUT2D eigenvalue weighted by Gasteiger charge is -2.29. The van der Waals surface area contributed by atoms with Crippen LogP contribution in [-0.2, 0) is 10.0 Å². The van der Waals surface area contributed by atoms with Gasteiger partial charge in [-0.05, 0) is 30.3 Å². The predicted octanol–water partition coefficient (Wildman–Crippen LogP) is 2.69. The van der Waals surface area contributed by atoms with Gasteiger partial charge in [-0.15, -0.1) is 11.8 Å². The molecule has 0 N–H and O–H groups in total. The maximum Gasteiger partial charge on any atom is 0.258 e. The highest BCUT2D eigenvalue weighted by molar-refractivity contribution is 7.99. The first kappa shape index (κ1) is 17.0. The number of fused-ring (bicyclic) bond motifs is 1.